The first-order valence-electron chi connectivity index (χ1n) is 5.37. The van der Waals surface area contributed by atoms with E-state index < -0.39 is 17.9 Å². The molecule has 0 saturated heterocycles. The SMILES string of the molecule is CSc1ccc(C(=O)N[C@H](CCO)C(=O)O)cc1. The van der Waals surface area contributed by atoms with Crippen molar-refractivity contribution < 1.29 is 19.8 Å². The molecule has 5 nitrogen and oxygen atoms in total. The van der Waals surface area contributed by atoms with Gasteiger partial charge in [0, 0.05) is 23.5 Å². The number of hydrogen-bond donors (Lipinski definition) is 3. The van der Waals surface area contributed by atoms with Crippen molar-refractivity contribution in [1.29, 1.82) is 0 Å². The zero-order chi connectivity index (χ0) is 13.5. The third kappa shape index (κ3) is 4.05. The summed E-state index contributed by atoms with van der Waals surface area (Å²) >= 11 is 1.56. The first-order chi connectivity index (χ1) is 8.58. The first-order valence-corrected chi connectivity index (χ1v) is 6.59. The summed E-state index contributed by atoms with van der Waals surface area (Å²) in [6.07, 6.45) is 1.92. The van der Waals surface area contributed by atoms with Gasteiger partial charge in [-0.15, -0.1) is 11.8 Å². The molecule has 1 rings (SSSR count). The second-order valence-corrected chi connectivity index (χ2v) is 4.48. The van der Waals surface area contributed by atoms with Crippen LogP contribution in [0.1, 0.15) is 16.8 Å². The number of thioether (sulfide) groups is 1. The summed E-state index contributed by atoms with van der Waals surface area (Å²) in [5.74, 6) is -1.61. The Morgan fingerprint density at radius 3 is 2.39 bits per heavy atom. The fraction of sp³-hybridized carbons (Fsp3) is 0.333. The van der Waals surface area contributed by atoms with Gasteiger partial charge in [0.25, 0.3) is 5.91 Å². The monoisotopic (exact) mass is 269 g/mol. The fourth-order valence-corrected chi connectivity index (χ4v) is 1.78. The van der Waals surface area contributed by atoms with Gasteiger partial charge in [0.15, 0.2) is 0 Å². The lowest BCUT2D eigenvalue weighted by atomic mass is 10.1. The first kappa shape index (κ1) is 14.5. The van der Waals surface area contributed by atoms with E-state index in [9.17, 15) is 9.59 Å². The minimum absolute atomic E-state index is 0.00995. The molecule has 0 aliphatic rings. The normalized spacial score (nSPS) is 11.9. The Labute approximate surface area is 109 Å². The molecule has 0 aliphatic heterocycles. The van der Waals surface area contributed by atoms with Gasteiger partial charge < -0.3 is 15.5 Å². The molecule has 0 bridgehead atoms. The predicted molar refractivity (Wildman–Crippen MR) is 68.8 cm³/mol. The van der Waals surface area contributed by atoms with E-state index in [2.05, 4.69) is 5.32 Å². The molecule has 1 amide bonds. The van der Waals surface area contributed by atoms with Gasteiger partial charge >= 0.3 is 5.97 Å². The summed E-state index contributed by atoms with van der Waals surface area (Å²) in [7, 11) is 0. The second-order valence-electron chi connectivity index (χ2n) is 3.61. The molecule has 1 aromatic rings. The Morgan fingerprint density at radius 1 is 1.33 bits per heavy atom. The molecule has 0 fully saturated rings. The molecule has 6 heteroatoms. The summed E-state index contributed by atoms with van der Waals surface area (Å²) in [5.41, 5.74) is 0.400. The molecular weight excluding hydrogens is 254 g/mol. The Balaban J connectivity index is 2.70. The third-order valence-electron chi connectivity index (χ3n) is 2.37. The Morgan fingerprint density at radius 2 is 1.94 bits per heavy atom. The van der Waals surface area contributed by atoms with Crippen molar-refractivity contribution in [2.24, 2.45) is 0 Å². The largest absolute Gasteiger partial charge is 0.480 e. The lowest BCUT2D eigenvalue weighted by molar-refractivity contribution is -0.139. The zero-order valence-corrected chi connectivity index (χ0v) is 10.7. The number of nitrogens with one attached hydrogen (secondary N) is 1. The van der Waals surface area contributed by atoms with Crippen molar-refractivity contribution in [1.82, 2.24) is 5.32 Å². The van der Waals surface area contributed by atoms with Crippen LogP contribution in [0, 0.1) is 0 Å². The van der Waals surface area contributed by atoms with Crippen molar-refractivity contribution in [3.05, 3.63) is 29.8 Å². The molecule has 0 saturated carbocycles. The van der Waals surface area contributed by atoms with Crippen molar-refractivity contribution >= 4 is 23.6 Å². The molecule has 0 radical (unpaired) electrons. The van der Waals surface area contributed by atoms with E-state index in [0.29, 0.717) is 5.56 Å². The summed E-state index contributed by atoms with van der Waals surface area (Å²) in [6.45, 7) is -0.289. The van der Waals surface area contributed by atoms with Gasteiger partial charge in [-0.05, 0) is 30.5 Å². The smallest absolute Gasteiger partial charge is 0.326 e. The minimum atomic E-state index is -1.15. The topological polar surface area (TPSA) is 86.6 Å². The number of carboxylic acids is 1. The highest BCUT2D eigenvalue weighted by molar-refractivity contribution is 7.98. The fourth-order valence-electron chi connectivity index (χ4n) is 1.37. The van der Waals surface area contributed by atoms with Gasteiger partial charge in [-0.3, -0.25) is 4.79 Å². The van der Waals surface area contributed by atoms with Crippen LogP contribution in [-0.2, 0) is 4.79 Å². The third-order valence-corrected chi connectivity index (χ3v) is 3.12. The van der Waals surface area contributed by atoms with E-state index in [1.807, 2.05) is 6.26 Å². The molecule has 18 heavy (non-hydrogen) atoms. The van der Waals surface area contributed by atoms with Crippen LogP contribution in [0.3, 0.4) is 0 Å². The zero-order valence-electron chi connectivity index (χ0n) is 9.92. The van der Waals surface area contributed by atoms with Crippen LogP contribution < -0.4 is 5.32 Å². The standard InChI is InChI=1S/C12H15NO4S/c1-18-9-4-2-8(3-5-9)11(15)13-10(6-7-14)12(16)17/h2-5,10,14H,6-7H2,1H3,(H,13,15)(H,16,17)/t10-/m1/s1. The van der Waals surface area contributed by atoms with Gasteiger partial charge in [-0.2, -0.15) is 0 Å². The van der Waals surface area contributed by atoms with E-state index in [0.717, 1.165) is 4.90 Å². The van der Waals surface area contributed by atoms with Crippen molar-refractivity contribution in [3.8, 4) is 0 Å². The number of carbonyl (C=O) groups is 2. The molecular formula is C12H15NO4S. The van der Waals surface area contributed by atoms with Gasteiger partial charge in [0.05, 0.1) is 0 Å². The van der Waals surface area contributed by atoms with Crippen LogP contribution in [-0.4, -0.2) is 41.0 Å². The lowest BCUT2D eigenvalue weighted by Gasteiger charge is -2.13. The van der Waals surface area contributed by atoms with Crippen LogP contribution in [0.2, 0.25) is 0 Å². The van der Waals surface area contributed by atoms with Crippen LogP contribution in [0.4, 0.5) is 0 Å². The van der Waals surface area contributed by atoms with Crippen LogP contribution in [0.15, 0.2) is 29.2 Å². The maximum absolute atomic E-state index is 11.8. The molecule has 0 unspecified atom stereocenters. The summed E-state index contributed by atoms with van der Waals surface area (Å²) in [5, 5.41) is 19.9. The molecule has 0 aromatic heterocycles. The number of rotatable bonds is 6. The number of aliphatic carboxylic acids is 1. The van der Waals surface area contributed by atoms with Crippen molar-refractivity contribution in [3.63, 3.8) is 0 Å². The van der Waals surface area contributed by atoms with E-state index in [-0.39, 0.29) is 13.0 Å². The average molecular weight is 269 g/mol. The molecule has 1 atom stereocenters. The highest BCUT2D eigenvalue weighted by atomic mass is 32.2. The molecule has 3 N–H and O–H groups in total. The van der Waals surface area contributed by atoms with E-state index in [1.165, 1.54) is 0 Å². The number of amides is 1. The Hall–Kier alpha value is -1.53. The summed E-state index contributed by atoms with van der Waals surface area (Å²) < 4.78 is 0. The van der Waals surface area contributed by atoms with Crippen molar-refractivity contribution in [2.45, 2.75) is 17.4 Å². The van der Waals surface area contributed by atoms with Crippen LogP contribution >= 0.6 is 11.8 Å². The van der Waals surface area contributed by atoms with E-state index >= 15 is 0 Å². The molecule has 1 aromatic carbocycles. The predicted octanol–water partition coefficient (Wildman–Crippen LogP) is 0.974. The van der Waals surface area contributed by atoms with Crippen LogP contribution in [0.25, 0.3) is 0 Å². The lowest BCUT2D eigenvalue weighted by Crippen LogP contribution is -2.41. The number of carboxylic acid groups (broad SMARTS) is 1. The van der Waals surface area contributed by atoms with Gasteiger partial charge in [0.2, 0.25) is 0 Å². The molecule has 98 valence electrons. The van der Waals surface area contributed by atoms with Gasteiger partial charge in [-0.1, -0.05) is 0 Å². The maximum atomic E-state index is 11.8. The Kier molecular flexibility index (Phi) is 5.67. The minimum Gasteiger partial charge on any atom is -0.480 e. The highest BCUT2D eigenvalue weighted by Crippen LogP contribution is 2.14. The average Bonchev–Trinajstić information content (AvgIpc) is 2.38. The van der Waals surface area contributed by atoms with Gasteiger partial charge in [0.1, 0.15) is 6.04 Å². The van der Waals surface area contributed by atoms with Crippen LogP contribution in [0.5, 0.6) is 0 Å². The van der Waals surface area contributed by atoms with Gasteiger partial charge in [-0.25, -0.2) is 4.79 Å². The van der Waals surface area contributed by atoms with E-state index in [1.54, 1.807) is 36.0 Å². The Bertz CT molecular complexity index is 419. The highest BCUT2D eigenvalue weighted by Gasteiger charge is 2.19. The second kappa shape index (κ2) is 7.03. The number of aliphatic hydroxyl groups is 1. The summed E-state index contributed by atoms with van der Waals surface area (Å²) in [6, 6.07) is 5.80. The molecule has 0 aliphatic carbocycles. The maximum Gasteiger partial charge on any atom is 0.326 e. The number of aliphatic hydroxyl groups excluding tert-OH is 1. The van der Waals surface area contributed by atoms with E-state index in [4.69, 9.17) is 10.2 Å². The molecule has 0 heterocycles. The number of benzene rings is 1. The quantitative estimate of drug-likeness (QED) is 0.670. The number of hydrogen-bond acceptors (Lipinski definition) is 4. The summed E-state index contributed by atoms with van der Waals surface area (Å²) in [4.78, 5) is 23.6. The van der Waals surface area contributed by atoms with Crippen molar-refractivity contribution in [2.75, 3.05) is 12.9 Å². The number of carbonyl (C=O) groups excluding carboxylic acids is 1. The molecule has 0 spiro atoms.